The zero-order valence-electron chi connectivity index (χ0n) is 19.9. The third-order valence-electron chi connectivity index (χ3n) is 5.90. The van der Waals surface area contributed by atoms with E-state index in [4.69, 9.17) is 4.74 Å². The number of aromatic nitrogens is 3. The second-order valence-corrected chi connectivity index (χ2v) is 8.63. The summed E-state index contributed by atoms with van der Waals surface area (Å²) in [5, 5.41) is 10.1. The Morgan fingerprint density at radius 1 is 1.09 bits per heavy atom. The number of aryl methyl sites for hydroxylation is 3. The van der Waals surface area contributed by atoms with Crippen molar-refractivity contribution < 1.29 is 14.6 Å². The maximum absolute atomic E-state index is 11.2. The molecule has 0 saturated carbocycles. The van der Waals surface area contributed by atoms with E-state index in [-0.39, 0.29) is 6.42 Å². The van der Waals surface area contributed by atoms with Crippen LogP contribution in [0.15, 0.2) is 61.1 Å². The van der Waals surface area contributed by atoms with E-state index in [0.717, 1.165) is 47.3 Å². The van der Waals surface area contributed by atoms with E-state index in [1.807, 2.05) is 61.4 Å². The van der Waals surface area contributed by atoms with E-state index in [1.54, 1.807) is 0 Å². The number of ether oxygens (including phenoxy) is 1. The summed E-state index contributed by atoms with van der Waals surface area (Å²) in [6, 6.07) is 14.2. The summed E-state index contributed by atoms with van der Waals surface area (Å²) in [7, 11) is 1.92. The van der Waals surface area contributed by atoms with Gasteiger partial charge in [-0.3, -0.25) is 4.79 Å². The number of carboxylic acids is 1. The Morgan fingerprint density at radius 3 is 2.59 bits per heavy atom. The summed E-state index contributed by atoms with van der Waals surface area (Å²) >= 11 is 0. The van der Waals surface area contributed by atoms with Crippen LogP contribution < -0.4 is 9.64 Å². The van der Waals surface area contributed by atoms with E-state index in [1.165, 1.54) is 11.1 Å². The molecule has 2 aromatic heterocycles. The van der Waals surface area contributed by atoms with Crippen LogP contribution >= 0.6 is 0 Å². The number of hydrogen-bond donors (Lipinski definition) is 1. The molecule has 34 heavy (non-hydrogen) atoms. The molecule has 2 aromatic carbocycles. The van der Waals surface area contributed by atoms with E-state index in [2.05, 4.69) is 40.0 Å². The standard InChI is InChI=1S/C27H30N4O3/c1-19-15-28-27(29-16-19)31(18-21-8-5-4-7-20(21)2)11-6-12-34-23-9-10-25-24(14-23)22(13-26(32)33)17-30(25)3/h4-5,7-10,14-17H,6,11-13,18H2,1-3H3,(H,32,33). The van der Waals surface area contributed by atoms with Crippen molar-refractivity contribution in [2.75, 3.05) is 18.1 Å². The highest BCUT2D eigenvalue weighted by Gasteiger charge is 2.13. The lowest BCUT2D eigenvalue weighted by molar-refractivity contribution is -0.136. The van der Waals surface area contributed by atoms with Gasteiger partial charge in [-0.25, -0.2) is 9.97 Å². The first kappa shape index (κ1) is 23.3. The normalized spacial score (nSPS) is 11.0. The third-order valence-corrected chi connectivity index (χ3v) is 5.90. The Hall–Kier alpha value is -3.87. The maximum Gasteiger partial charge on any atom is 0.307 e. The van der Waals surface area contributed by atoms with Gasteiger partial charge in [-0.1, -0.05) is 24.3 Å². The molecule has 0 radical (unpaired) electrons. The summed E-state index contributed by atoms with van der Waals surface area (Å²) < 4.78 is 7.99. The van der Waals surface area contributed by atoms with E-state index in [0.29, 0.717) is 12.6 Å². The van der Waals surface area contributed by atoms with Crippen LogP contribution in [0.4, 0.5) is 5.95 Å². The SMILES string of the molecule is Cc1cnc(N(CCCOc2ccc3c(c2)c(CC(=O)O)cn3C)Cc2ccccc2C)nc1. The molecule has 0 spiro atoms. The molecule has 7 heteroatoms. The van der Waals surface area contributed by atoms with Gasteiger partial charge in [0.2, 0.25) is 5.95 Å². The van der Waals surface area contributed by atoms with E-state index in [9.17, 15) is 9.90 Å². The van der Waals surface area contributed by atoms with E-state index < -0.39 is 5.97 Å². The van der Waals surface area contributed by atoms with Gasteiger partial charge in [0.05, 0.1) is 13.0 Å². The molecule has 4 rings (SSSR count). The molecule has 0 unspecified atom stereocenters. The fourth-order valence-corrected chi connectivity index (χ4v) is 4.08. The van der Waals surface area contributed by atoms with Crippen molar-refractivity contribution in [3.05, 3.63) is 83.3 Å². The van der Waals surface area contributed by atoms with Crippen LogP contribution in [0.5, 0.6) is 5.75 Å². The van der Waals surface area contributed by atoms with E-state index >= 15 is 0 Å². The quantitative estimate of drug-likeness (QED) is 0.347. The molecule has 0 aliphatic heterocycles. The molecule has 0 amide bonds. The molecule has 0 bridgehead atoms. The van der Waals surface area contributed by atoms with Gasteiger partial charge in [-0.05, 0) is 60.7 Å². The van der Waals surface area contributed by atoms with Crippen molar-refractivity contribution in [2.24, 2.45) is 7.05 Å². The molecule has 2 heterocycles. The highest BCUT2D eigenvalue weighted by Crippen LogP contribution is 2.26. The topological polar surface area (TPSA) is 80.5 Å². The van der Waals surface area contributed by atoms with Gasteiger partial charge in [0.1, 0.15) is 5.75 Å². The second-order valence-electron chi connectivity index (χ2n) is 8.63. The highest BCUT2D eigenvalue weighted by atomic mass is 16.5. The van der Waals surface area contributed by atoms with Crippen molar-refractivity contribution in [3.8, 4) is 5.75 Å². The van der Waals surface area contributed by atoms with Crippen LogP contribution in [0.25, 0.3) is 10.9 Å². The molecule has 0 aliphatic rings. The first-order valence-corrected chi connectivity index (χ1v) is 11.4. The number of carboxylic acid groups (broad SMARTS) is 1. The predicted molar refractivity (Wildman–Crippen MR) is 133 cm³/mol. The number of rotatable bonds is 10. The minimum atomic E-state index is -0.842. The number of hydrogen-bond acceptors (Lipinski definition) is 5. The smallest absolute Gasteiger partial charge is 0.307 e. The molecule has 0 atom stereocenters. The Kier molecular flexibility index (Phi) is 7.11. The van der Waals surface area contributed by atoms with Gasteiger partial charge in [0.25, 0.3) is 0 Å². The molecular weight excluding hydrogens is 428 g/mol. The van der Waals surface area contributed by atoms with Crippen molar-refractivity contribution in [1.82, 2.24) is 14.5 Å². The predicted octanol–water partition coefficient (Wildman–Crippen LogP) is 4.69. The van der Waals surface area contributed by atoms with Crippen LogP contribution in [0.1, 0.15) is 28.7 Å². The number of nitrogens with zero attached hydrogens (tertiary/aromatic N) is 4. The molecule has 4 aromatic rings. The number of anilines is 1. The molecule has 7 nitrogen and oxygen atoms in total. The highest BCUT2D eigenvalue weighted by molar-refractivity contribution is 5.88. The van der Waals surface area contributed by atoms with Gasteiger partial charge >= 0.3 is 5.97 Å². The largest absolute Gasteiger partial charge is 0.494 e. The number of carbonyl (C=O) groups is 1. The molecule has 0 saturated heterocycles. The molecule has 0 fully saturated rings. The van der Waals surface area contributed by atoms with Crippen LogP contribution in [0.3, 0.4) is 0 Å². The Balaban J connectivity index is 1.43. The minimum Gasteiger partial charge on any atom is -0.494 e. The van der Waals surface area contributed by atoms with Gasteiger partial charge in [0, 0.05) is 49.6 Å². The third kappa shape index (κ3) is 5.54. The van der Waals surface area contributed by atoms with Crippen LogP contribution in [0, 0.1) is 13.8 Å². The molecule has 0 aliphatic carbocycles. The van der Waals surface area contributed by atoms with Gasteiger partial charge in [-0.2, -0.15) is 0 Å². The van der Waals surface area contributed by atoms with Crippen LogP contribution in [-0.4, -0.2) is 38.8 Å². The number of aliphatic carboxylic acids is 1. The minimum absolute atomic E-state index is 0.00872. The maximum atomic E-state index is 11.2. The zero-order chi connectivity index (χ0) is 24.1. The fourth-order valence-electron chi connectivity index (χ4n) is 4.08. The average molecular weight is 459 g/mol. The Morgan fingerprint density at radius 2 is 1.85 bits per heavy atom. The lowest BCUT2D eigenvalue weighted by Crippen LogP contribution is -2.27. The summed E-state index contributed by atoms with van der Waals surface area (Å²) in [4.78, 5) is 22.5. The lowest BCUT2D eigenvalue weighted by atomic mass is 10.1. The zero-order valence-corrected chi connectivity index (χ0v) is 19.9. The first-order chi connectivity index (χ1) is 16.4. The van der Waals surface area contributed by atoms with Gasteiger partial charge < -0.3 is 19.3 Å². The Bertz CT molecular complexity index is 1280. The lowest BCUT2D eigenvalue weighted by Gasteiger charge is -2.23. The summed E-state index contributed by atoms with van der Waals surface area (Å²) in [5.74, 6) is 0.603. The van der Waals surface area contributed by atoms with Crippen molar-refractivity contribution in [3.63, 3.8) is 0 Å². The fraction of sp³-hybridized carbons (Fsp3) is 0.296. The summed E-state index contributed by atoms with van der Waals surface area (Å²) in [6.45, 7) is 6.10. The van der Waals surface area contributed by atoms with Crippen LogP contribution in [0.2, 0.25) is 0 Å². The Labute approximate surface area is 199 Å². The van der Waals surface area contributed by atoms with Crippen molar-refractivity contribution in [2.45, 2.75) is 33.2 Å². The molecule has 176 valence electrons. The number of fused-ring (bicyclic) bond motifs is 1. The molecule has 1 N–H and O–H groups in total. The van der Waals surface area contributed by atoms with Crippen molar-refractivity contribution in [1.29, 1.82) is 0 Å². The molecular formula is C27H30N4O3. The van der Waals surface area contributed by atoms with Gasteiger partial charge in [0.15, 0.2) is 0 Å². The average Bonchev–Trinajstić information content (AvgIpc) is 3.11. The first-order valence-electron chi connectivity index (χ1n) is 11.4. The second kappa shape index (κ2) is 10.4. The van der Waals surface area contributed by atoms with Crippen LogP contribution in [-0.2, 0) is 24.8 Å². The summed E-state index contributed by atoms with van der Waals surface area (Å²) in [5.41, 5.74) is 5.29. The van der Waals surface area contributed by atoms with Gasteiger partial charge in [-0.15, -0.1) is 0 Å². The monoisotopic (exact) mass is 458 g/mol. The van der Waals surface area contributed by atoms with Crippen molar-refractivity contribution >= 4 is 22.8 Å². The summed E-state index contributed by atoms with van der Waals surface area (Å²) in [6.07, 6.45) is 6.33. The number of benzene rings is 2.